The number of alkyl halides is 9. The van der Waals surface area contributed by atoms with E-state index in [0.29, 0.717) is 18.6 Å². The number of aryl methyl sites for hydroxylation is 1. The molecule has 0 atom stereocenters. The first-order chi connectivity index (χ1) is 15.1. The van der Waals surface area contributed by atoms with E-state index in [4.69, 9.17) is 17.3 Å². The lowest BCUT2D eigenvalue weighted by atomic mass is 9.95. The van der Waals surface area contributed by atoms with E-state index in [1.165, 1.54) is 0 Å². The summed E-state index contributed by atoms with van der Waals surface area (Å²) in [5.41, 5.74) is 0.311. The monoisotopic (exact) mass is 502 g/mol. The van der Waals surface area contributed by atoms with E-state index in [0.717, 1.165) is 12.1 Å². The molecule has 0 bridgehead atoms. The molecule has 180 valence electrons. The van der Waals surface area contributed by atoms with Crippen LogP contribution in [0.25, 0.3) is 22.2 Å². The van der Waals surface area contributed by atoms with Crippen molar-refractivity contribution in [2.24, 2.45) is 5.73 Å². The molecule has 1 aromatic heterocycles. The number of fused-ring (bicyclic) bond motifs is 1. The van der Waals surface area contributed by atoms with Crippen LogP contribution in [-0.4, -0.2) is 11.5 Å². The zero-order chi connectivity index (χ0) is 24.8. The fourth-order valence-corrected chi connectivity index (χ4v) is 3.85. The minimum absolute atomic E-state index is 0.00932. The van der Waals surface area contributed by atoms with Crippen molar-refractivity contribution in [2.45, 2.75) is 37.8 Å². The molecule has 0 spiro atoms. The van der Waals surface area contributed by atoms with Crippen molar-refractivity contribution < 1.29 is 39.5 Å². The van der Waals surface area contributed by atoms with Crippen LogP contribution in [0.2, 0.25) is 5.02 Å². The number of nitrogens with two attached hydrogens (primary N) is 1. The van der Waals surface area contributed by atoms with Crippen molar-refractivity contribution in [3.63, 3.8) is 0 Å². The molecule has 1 heterocycles. The molecule has 0 fully saturated rings. The summed E-state index contributed by atoms with van der Waals surface area (Å²) < 4.78 is 121. The van der Waals surface area contributed by atoms with Gasteiger partial charge in [-0.3, -0.25) is 0 Å². The fourth-order valence-electron chi connectivity index (χ4n) is 3.63. The molecule has 0 radical (unpaired) electrons. The molecule has 0 saturated heterocycles. The molecule has 33 heavy (non-hydrogen) atoms. The highest BCUT2D eigenvalue weighted by Crippen LogP contribution is 2.45. The van der Waals surface area contributed by atoms with Gasteiger partial charge in [0.25, 0.3) is 0 Å². The zero-order valence-electron chi connectivity index (χ0n) is 16.6. The molecule has 0 aliphatic carbocycles. The van der Waals surface area contributed by atoms with E-state index >= 15 is 0 Å². The molecular formula is C21H16ClF9N2. The van der Waals surface area contributed by atoms with Gasteiger partial charge in [0.05, 0.1) is 21.7 Å². The number of benzene rings is 2. The van der Waals surface area contributed by atoms with Gasteiger partial charge in [-0.2, -0.15) is 39.5 Å². The molecule has 0 unspecified atom stereocenters. The summed E-state index contributed by atoms with van der Waals surface area (Å²) in [6, 6.07) is 3.27. The molecule has 3 aromatic rings. The molecule has 12 heteroatoms. The van der Waals surface area contributed by atoms with Crippen molar-refractivity contribution in [3.05, 3.63) is 57.6 Å². The maximum Gasteiger partial charge on any atom is 0.417 e. The number of aromatic amines is 1. The highest BCUT2D eigenvalue weighted by Gasteiger charge is 2.40. The van der Waals surface area contributed by atoms with Gasteiger partial charge < -0.3 is 10.7 Å². The van der Waals surface area contributed by atoms with Crippen LogP contribution >= 0.6 is 11.6 Å². The average molecular weight is 503 g/mol. The lowest BCUT2D eigenvalue weighted by molar-refractivity contribution is -0.142. The zero-order valence-corrected chi connectivity index (χ0v) is 17.3. The van der Waals surface area contributed by atoms with Crippen molar-refractivity contribution in [3.8, 4) is 11.3 Å². The Labute approximate surface area is 186 Å². The van der Waals surface area contributed by atoms with E-state index < -0.39 is 51.1 Å². The van der Waals surface area contributed by atoms with Gasteiger partial charge in [-0.05, 0) is 61.2 Å². The summed E-state index contributed by atoms with van der Waals surface area (Å²) in [5, 5.41) is -1.14. The smallest absolute Gasteiger partial charge is 0.354 e. The summed E-state index contributed by atoms with van der Waals surface area (Å²) in [5.74, 6) is 0. The maximum atomic E-state index is 13.8. The second-order valence-electron chi connectivity index (χ2n) is 7.36. The third-order valence-electron chi connectivity index (χ3n) is 5.08. The van der Waals surface area contributed by atoms with Crippen LogP contribution in [0.4, 0.5) is 39.5 Å². The van der Waals surface area contributed by atoms with Gasteiger partial charge in [0.15, 0.2) is 0 Å². The molecule has 3 N–H and O–H groups in total. The standard InChI is InChI=1S/C21H16ClF9N2/c22-15-5-4-10(7-13(15)20(26,27)28)18-12(3-1-2-6-32)17-14(21(29,30)31)8-11(19(23,24)25)9-16(17)33-18/h4-5,7-9,33H,1-3,6,32H2. The maximum absolute atomic E-state index is 13.8. The topological polar surface area (TPSA) is 41.8 Å². The Morgan fingerprint density at radius 2 is 1.42 bits per heavy atom. The number of halogens is 10. The first-order valence-electron chi connectivity index (χ1n) is 9.54. The van der Waals surface area contributed by atoms with Gasteiger partial charge in [0, 0.05) is 16.6 Å². The van der Waals surface area contributed by atoms with E-state index in [2.05, 4.69) is 4.98 Å². The molecule has 3 rings (SSSR count). The minimum Gasteiger partial charge on any atom is -0.354 e. The van der Waals surface area contributed by atoms with Crippen LogP contribution in [0.1, 0.15) is 35.1 Å². The number of rotatable bonds is 5. The SMILES string of the molecule is NCCCCc1c(-c2ccc(Cl)c(C(F)(F)F)c2)[nH]c2cc(C(F)(F)F)cc(C(F)(F)F)c12. The number of hydrogen-bond donors (Lipinski definition) is 2. The molecular weight excluding hydrogens is 487 g/mol. The van der Waals surface area contributed by atoms with Crippen LogP contribution in [0, 0.1) is 0 Å². The predicted molar refractivity (Wildman–Crippen MR) is 106 cm³/mol. The Hall–Kier alpha value is -2.40. The predicted octanol–water partition coefficient (Wildman–Crippen LogP) is 7.83. The summed E-state index contributed by atoms with van der Waals surface area (Å²) in [6.07, 6.45) is -14.4. The number of nitrogens with one attached hydrogen (secondary N) is 1. The quantitative estimate of drug-likeness (QED) is 0.271. The van der Waals surface area contributed by atoms with Crippen molar-refractivity contribution in [1.82, 2.24) is 4.98 Å². The highest BCUT2D eigenvalue weighted by molar-refractivity contribution is 6.31. The van der Waals surface area contributed by atoms with Gasteiger partial charge in [0.2, 0.25) is 0 Å². The Kier molecular flexibility index (Phi) is 6.69. The largest absolute Gasteiger partial charge is 0.417 e. The Balaban J connectivity index is 2.37. The second-order valence-corrected chi connectivity index (χ2v) is 7.77. The van der Waals surface area contributed by atoms with Gasteiger partial charge in [-0.25, -0.2) is 0 Å². The van der Waals surface area contributed by atoms with E-state index in [9.17, 15) is 39.5 Å². The van der Waals surface area contributed by atoms with E-state index in [1.807, 2.05) is 0 Å². The van der Waals surface area contributed by atoms with Crippen LogP contribution in [0.5, 0.6) is 0 Å². The molecule has 2 aromatic carbocycles. The van der Waals surface area contributed by atoms with E-state index in [-0.39, 0.29) is 42.3 Å². The van der Waals surface area contributed by atoms with Crippen molar-refractivity contribution in [2.75, 3.05) is 6.54 Å². The Morgan fingerprint density at radius 3 is 1.97 bits per heavy atom. The Bertz CT molecular complexity index is 1160. The highest BCUT2D eigenvalue weighted by atomic mass is 35.5. The van der Waals surface area contributed by atoms with Crippen LogP contribution < -0.4 is 5.73 Å². The normalized spacial score (nSPS) is 13.2. The summed E-state index contributed by atoms with van der Waals surface area (Å²) in [7, 11) is 0. The number of unbranched alkanes of at least 4 members (excludes halogenated alkanes) is 1. The van der Waals surface area contributed by atoms with Gasteiger partial charge in [-0.15, -0.1) is 0 Å². The van der Waals surface area contributed by atoms with Crippen molar-refractivity contribution >= 4 is 22.5 Å². The third kappa shape index (κ3) is 5.24. The molecule has 2 nitrogen and oxygen atoms in total. The first-order valence-corrected chi connectivity index (χ1v) is 9.92. The molecule has 0 aliphatic heterocycles. The summed E-state index contributed by atoms with van der Waals surface area (Å²) >= 11 is 5.63. The van der Waals surface area contributed by atoms with E-state index in [1.54, 1.807) is 0 Å². The lowest BCUT2D eigenvalue weighted by Crippen LogP contribution is -2.11. The lowest BCUT2D eigenvalue weighted by Gasteiger charge is -2.15. The van der Waals surface area contributed by atoms with Crippen LogP contribution in [0.15, 0.2) is 30.3 Å². The fraction of sp³-hybridized carbons (Fsp3) is 0.333. The second kappa shape index (κ2) is 8.75. The summed E-state index contributed by atoms with van der Waals surface area (Å²) in [6.45, 7) is 0.210. The van der Waals surface area contributed by atoms with Crippen LogP contribution in [0.3, 0.4) is 0 Å². The third-order valence-corrected chi connectivity index (χ3v) is 5.41. The average Bonchev–Trinajstić information content (AvgIpc) is 3.04. The molecule has 0 amide bonds. The Morgan fingerprint density at radius 1 is 0.788 bits per heavy atom. The van der Waals surface area contributed by atoms with Gasteiger partial charge in [0.1, 0.15) is 0 Å². The van der Waals surface area contributed by atoms with Crippen LogP contribution in [-0.2, 0) is 24.9 Å². The number of hydrogen-bond acceptors (Lipinski definition) is 1. The van der Waals surface area contributed by atoms with Crippen molar-refractivity contribution in [1.29, 1.82) is 0 Å². The first kappa shape index (κ1) is 25.2. The number of aromatic nitrogens is 1. The minimum atomic E-state index is -5.14. The van der Waals surface area contributed by atoms with Gasteiger partial charge >= 0.3 is 18.5 Å². The summed E-state index contributed by atoms with van der Waals surface area (Å²) in [4.78, 5) is 2.49. The molecule has 0 saturated carbocycles. The molecule has 0 aliphatic rings. The number of H-pyrrole nitrogens is 1. The van der Waals surface area contributed by atoms with Gasteiger partial charge in [-0.1, -0.05) is 17.7 Å².